The fourth-order valence-corrected chi connectivity index (χ4v) is 4.61. The molecule has 1 amide bonds. The number of halogens is 1. The number of aromatic nitrogens is 6. The number of anilines is 3. The van der Waals surface area contributed by atoms with Crippen LogP contribution in [0.2, 0.25) is 0 Å². The van der Waals surface area contributed by atoms with E-state index >= 15 is 4.39 Å². The van der Waals surface area contributed by atoms with Gasteiger partial charge in [0.2, 0.25) is 5.95 Å². The van der Waals surface area contributed by atoms with Crippen molar-refractivity contribution < 1.29 is 42.7 Å². The molecular formula is C29H46FN9O8. The molecule has 3 aromatic rings. The predicted octanol–water partition coefficient (Wildman–Crippen LogP) is 1.42. The smallest absolute Gasteiger partial charge is 0.408 e. The summed E-state index contributed by atoms with van der Waals surface area (Å²) >= 11 is 0. The Kier molecular flexibility index (Phi) is 13.3. The van der Waals surface area contributed by atoms with E-state index in [4.69, 9.17) is 33.5 Å². The summed E-state index contributed by atoms with van der Waals surface area (Å²) in [6.07, 6.45) is 1.36. The molecule has 18 heteroatoms. The van der Waals surface area contributed by atoms with Gasteiger partial charge in [0.1, 0.15) is 17.5 Å². The SMILES string of the molecule is COc1nn(CCOCCOCCOCCOCCO)cc1Nc1nc(N2C[C@@H](F)[C@H](NC(=O)OC(C)(C)C)C2)nc2c1ncn2C. The number of methoxy groups -OCH3 is 1. The molecule has 0 radical (unpaired) electrons. The lowest BCUT2D eigenvalue weighted by molar-refractivity contribution is -0.00628. The molecule has 3 N–H and O–H groups in total. The molecule has 0 spiro atoms. The van der Waals surface area contributed by atoms with E-state index in [0.29, 0.717) is 87.9 Å². The van der Waals surface area contributed by atoms with Crippen LogP contribution in [0.3, 0.4) is 0 Å². The third-order valence-electron chi connectivity index (χ3n) is 6.77. The van der Waals surface area contributed by atoms with Crippen molar-refractivity contribution in [2.24, 2.45) is 7.05 Å². The lowest BCUT2D eigenvalue weighted by Crippen LogP contribution is -2.44. The minimum Gasteiger partial charge on any atom is -0.478 e. The number of carbonyl (C=O) groups is 1. The summed E-state index contributed by atoms with van der Waals surface area (Å²) < 4.78 is 50.9. The number of aliphatic hydroxyl groups is 1. The van der Waals surface area contributed by atoms with Gasteiger partial charge >= 0.3 is 6.09 Å². The lowest BCUT2D eigenvalue weighted by atomic mass is 10.2. The quantitative estimate of drug-likeness (QED) is 0.156. The summed E-state index contributed by atoms with van der Waals surface area (Å²) in [5, 5.41) is 19.0. The highest BCUT2D eigenvalue weighted by Crippen LogP contribution is 2.31. The van der Waals surface area contributed by atoms with Crippen LogP contribution in [0.25, 0.3) is 11.2 Å². The molecule has 262 valence electrons. The molecule has 1 fully saturated rings. The lowest BCUT2D eigenvalue weighted by Gasteiger charge is -2.22. The van der Waals surface area contributed by atoms with E-state index in [1.807, 2.05) is 0 Å². The number of hydrogen-bond donors (Lipinski definition) is 3. The average Bonchev–Trinajstić information content (AvgIpc) is 3.71. The molecule has 1 aliphatic heterocycles. The summed E-state index contributed by atoms with van der Waals surface area (Å²) in [6.45, 7) is 9.15. The number of alkyl carbamates (subject to hydrolysis) is 1. The van der Waals surface area contributed by atoms with E-state index < -0.39 is 23.9 Å². The van der Waals surface area contributed by atoms with Crippen molar-refractivity contribution in [2.75, 3.05) is 89.9 Å². The van der Waals surface area contributed by atoms with Gasteiger partial charge in [0.25, 0.3) is 5.88 Å². The number of nitrogens with one attached hydrogen (secondary N) is 2. The Morgan fingerprint density at radius 1 is 1.02 bits per heavy atom. The number of nitrogens with zero attached hydrogens (tertiary/aromatic N) is 7. The van der Waals surface area contributed by atoms with Crippen molar-refractivity contribution in [2.45, 2.75) is 45.1 Å². The van der Waals surface area contributed by atoms with Gasteiger partial charge in [0.15, 0.2) is 17.0 Å². The molecule has 1 saturated heterocycles. The molecule has 3 aromatic heterocycles. The molecule has 4 heterocycles. The fourth-order valence-electron chi connectivity index (χ4n) is 4.61. The summed E-state index contributed by atoms with van der Waals surface area (Å²) in [5.74, 6) is 1.00. The zero-order valence-electron chi connectivity index (χ0n) is 27.6. The fraction of sp³-hybridized carbons (Fsp3) is 0.690. The van der Waals surface area contributed by atoms with Gasteiger partial charge in [-0.2, -0.15) is 9.97 Å². The molecule has 47 heavy (non-hydrogen) atoms. The Hall–Kier alpha value is -3.84. The zero-order valence-corrected chi connectivity index (χ0v) is 27.6. The Morgan fingerprint density at radius 3 is 2.32 bits per heavy atom. The molecular weight excluding hydrogens is 621 g/mol. The van der Waals surface area contributed by atoms with Gasteiger partial charge in [-0.3, -0.25) is 4.68 Å². The van der Waals surface area contributed by atoms with Crippen LogP contribution in [-0.2, 0) is 37.3 Å². The monoisotopic (exact) mass is 667 g/mol. The number of aryl methyl sites for hydroxylation is 1. The minimum atomic E-state index is -1.35. The maximum absolute atomic E-state index is 15.0. The highest BCUT2D eigenvalue weighted by atomic mass is 19.1. The third-order valence-corrected chi connectivity index (χ3v) is 6.77. The van der Waals surface area contributed by atoms with E-state index in [9.17, 15) is 4.79 Å². The number of alkyl halides is 1. The van der Waals surface area contributed by atoms with Crippen molar-refractivity contribution in [3.05, 3.63) is 12.5 Å². The van der Waals surface area contributed by atoms with E-state index in [0.717, 1.165) is 0 Å². The second-order valence-corrected chi connectivity index (χ2v) is 11.7. The molecule has 4 rings (SSSR count). The van der Waals surface area contributed by atoms with Gasteiger partial charge in [0.05, 0.1) is 98.2 Å². The number of aliphatic hydroxyl groups excluding tert-OH is 1. The first-order chi connectivity index (χ1) is 22.6. The number of carbonyl (C=O) groups excluding carboxylic acids is 1. The van der Waals surface area contributed by atoms with Crippen LogP contribution in [0.15, 0.2) is 12.5 Å². The molecule has 0 saturated carbocycles. The van der Waals surface area contributed by atoms with Gasteiger partial charge in [-0.25, -0.2) is 14.2 Å². The van der Waals surface area contributed by atoms with E-state index in [-0.39, 0.29) is 25.6 Å². The highest BCUT2D eigenvalue weighted by Gasteiger charge is 2.37. The van der Waals surface area contributed by atoms with Gasteiger partial charge < -0.3 is 53.6 Å². The Balaban J connectivity index is 1.31. The van der Waals surface area contributed by atoms with Crippen LogP contribution < -0.4 is 20.3 Å². The first-order valence-corrected chi connectivity index (χ1v) is 15.5. The third kappa shape index (κ3) is 10.9. The number of amides is 1. The van der Waals surface area contributed by atoms with E-state index in [1.165, 1.54) is 7.11 Å². The largest absolute Gasteiger partial charge is 0.478 e. The van der Waals surface area contributed by atoms with Gasteiger partial charge in [0, 0.05) is 13.6 Å². The molecule has 1 aliphatic rings. The summed E-state index contributed by atoms with van der Waals surface area (Å²) in [5.41, 5.74) is 0.892. The highest BCUT2D eigenvalue weighted by molar-refractivity contribution is 5.87. The number of ether oxygens (including phenoxy) is 6. The van der Waals surface area contributed by atoms with Crippen LogP contribution in [0, 0.1) is 0 Å². The summed E-state index contributed by atoms with van der Waals surface area (Å²) in [7, 11) is 3.32. The minimum absolute atomic E-state index is 0.00254. The van der Waals surface area contributed by atoms with Gasteiger partial charge in [-0.1, -0.05) is 0 Å². The maximum Gasteiger partial charge on any atom is 0.408 e. The van der Waals surface area contributed by atoms with Crippen LogP contribution in [0.1, 0.15) is 20.8 Å². The summed E-state index contributed by atoms with van der Waals surface area (Å²) in [4.78, 5) is 27.7. The van der Waals surface area contributed by atoms with E-state index in [1.54, 1.807) is 54.5 Å². The standard InChI is InChI=1S/C29H46FN9O8/c1-29(2,3)47-28(41)33-21-17-38(16-20(21)30)27-34-24(23-25(35-27)37(4)19-31-23)32-22-18-39(36-26(22)42-5)6-8-43-10-12-45-14-15-46-13-11-44-9-7-40/h18-21,40H,6-17H2,1-5H3,(H,33,41)(H,32,34,35)/t20-,21-/m1/s1. The normalized spacial score (nSPS) is 16.6. The van der Waals surface area contributed by atoms with Crippen LogP contribution >= 0.6 is 0 Å². The molecule has 2 atom stereocenters. The first-order valence-electron chi connectivity index (χ1n) is 15.5. The van der Waals surface area contributed by atoms with Crippen molar-refractivity contribution in [1.29, 1.82) is 0 Å². The molecule has 0 aromatic carbocycles. The summed E-state index contributed by atoms with van der Waals surface area (Å²) in [6, 6.07) is -0.790. The number of hydrogen-bond acceptors (Lipinski definition) is 14. The van der Waals surface area contributed by atoms with Gasteiger partial charge in [-0.05, 0) is 20.8 Å². The van der Waals surface area contributed by atoms with Crippen molar-refractivity contribution >= 4 is 34.7 Å². The maximum atomic E-state index is 15.0. The van der Waals surface area contributed by atoms with Crippen LogP contribution in [0.5, 0.6) is 5.88 Å². The second kappa shape index (κ2) is 17.4. The molecule has 0 unspecified atom stereocenters. The molecule has 0 bridgehead atoms. The van der Waals surface area contributed by atoms with Crippen LogP contribution in [-0.4, -0.2) is 138 Å². The second-order valence-electron chi connectivity index (χ2n) is 11.7. The van der Waals surface area contributed by atoms with Crippen LogP contribution in [0.4, 0.5) is 26.6 Å². The molecule has 0 aliphatic carbocycles. The predicted molar refractivity (Wildman–Crippen MR) is 169 cm³/mol. The first kappa shape index (κ1) is 36.0. The molecule has 17 nitrogen and oxygen atoms in total. The van der Waals surface area contributed by atoms with Crippen molar-refractivity contribution in [3.8, 4) is 5.88 Å². The zero-order chi connectivity index (χ0) is 33.8. The number of rotatable bonds is 19. The van der Waals surface area contributed by atoms with Crippen molar-refractivity contribution in [3.63, 3.8) is 0 Å². The topological polar surface area (TPSA) is 181 Å². The van der Waals surface area contributed by atoms with E-state index in [2.05, 4.69) is 30.7 Å². The van der Waals surface area contributed by atoms with Crippen molar-refractivity contribution in [1.82, 2.24) is 34.6 Å². The Morgan fingerprint density at radius 2 is 1.68 bits per heavy atom. The Labute approximate surface area is 272 Å². The number of imidazole rings is 1. The number of fused-ring (bicyclic) bond motifs is 1. The average molecular weight is 668 g/mol. The van der Waals surface area contributed by atoms with Gasteiger partial charge in [-0.15, -0.1) is 5.10 Å². The Bertz CT molecular complexity index is 1420.